The predicted molar refractivity (Wildman–Crippen MR) is 56.1 cm³/mol. The molecule has 7 heteroatoms. The molecule has 0 N–H and O–H groups in total. The Labute approximate surface area is 100 Å². The lowest BCUT2D eigenvalue weighted by Gasteiger charge is -2.03. The quantitative estimate of drug-likeness (QED) is 0.827. The van der Waals surface area contributed by atoms with Crippen LogP contribution in [0.1, 0.15) is 30.1 Å². The third kappa shape index (κ3) is 1.96. The van der Waals surface area contributed by atoms with E-state index in [-0.39, 0.29) is 11.9 Å². The Morgan fingerprint density at radius 1 is 1.17 bits per heavy atom. The fourth-order valence-corrected chi connectivity index (χ4v) is 1.76. The van der Waals surface area contributed by atoms with Crippen molar-refractivity contribution in [1.82, 2.24) is 19.7 Å². The van der Waals surface area contributed by atoms with Gasteiger partial charge in [0.1, 0.15) is 0 Å². The Bertz CT molecular complexity index is 557. The minimum absolute atomic E-state index is 0.136. The topological polar surface area (TPSA) is 43.6 Å². The Morgan fingerprint density at radius 3 is 2.39 bits per heavy atom. The number of hydrogen-bond donors (Lipinski definition) is 0. The average molecular weight is 254 g/mol. The number of aromatic nitrogens is 4. The maximum atomic E-state index is 12.7. The molecule has 18 heavy (non-hydrogen) atoms. The van der Waals surface area contributed by atoms with Crippen molar-refractivity contribution in [2.75, 3.05) is 0 Å². The van der Waals surface area contributed by atoms with Gasteiger partial charge in [0.15, 0.2) is 5.69 Å². The normalized spacial score (nSPS) is 15.9. The molecule has 0 radical (unpaired) electrons. The van der Waals surface area contributed by atoms with Crippen LogP contribution in [0.3, 0.4) is 0 Å². The van der Waals surface area contributed by atoms with Crippen molar-refractivity contribution in [2.45, 2.75) is 24.9 Å². The van der Waals surface area contributed by atoms with Crippen LogP contribution in [0.25, 0.3) is 5.95 Å². The second kappa shape index (κ2) is 3.79. The van der Waals surface area contributed by atoms with E-state index in [9.17, 15) is 13.2 Å². The van der Waals surface area contributed by atoms with E-state index >= 15 is 0 Å². The summed E-state index contributed by atoms with van der Waals surface area (Å²) < 4.78 is 39.2. The summed E-state index contributed by atoms with van der Waals surface area (Å²) in [5.74, 6) is 0.312. The van der Waals surface area contributed by atoms with Crippen LogP contribution < -0.4 is 0 Å². The third-order valence-electron chi connectivity index (χ3n) is 2.76. The highest BCUT2D eigenvalue weighted by Gasteiger charge is 2.38. The van der Waals surface area contributed by atoms with Gasteiger partial charge in [-0.25, -0.2) is 14.6 Å². The SMILES string of the molecule is FC(F)(F)c1cc(C2CC2)n(-c2ncccn2)n1. The zero-order chi connectivity index (χ0) is 12.8. The number of alkyl halides is 3. The number of nitrogens with zero attached hydrogens (tertiary/aromatic N) is 4. The first-order chi connectivity index (χ1) is 8.55. The molecule has 0 unspecified atom stereocenters. The van der Waals surface area contributed by atoms with E-state index in [1.165, 1.54) is 17.1 Å². The zero-order valence-electron chi connectivity index (χ0n) is 9.22. The summed E-state index contributed by atoms with van der Waals surface area (Å²) >= 11 is 0. The standard InChI is InChI=1S/C11H9F3N4/c12-11(13,14)9-6-8(7-2-3-7)18(17-9)10-15-4-1-5-16-10/h1,4-7H,2-3H2. The summed E-state index contributed by atoms with van der Waals surface area (Å²) in [6, 6.07) is 2.70. The molecule has 4 nitrogen and oxygen atoms in total. The van der Waals surface area contributed by atoms with Gasteiger partial charge in [-0.1, -0.05) is 0 Å². The highest BCUT2D eigenvalue weighted by atomic mass is 19.4. The van der Waals surface area contributed by atoms with E-state index in [0.29, 0.717) is 5.69 Å². The minimum Gasteiger partial charge on any atom is -0.220 e. The molecule has 1 aliphatic carbocycles. The summed E-state index contributed by atoms with van der Waals surface area (Å²) in [6.45, 7) is 0. The van der Waals surface area contributed by atoms with Crippen molar-refractivity contribution in [2.24, 2.45) is 0 Å². The van der Waals surface area contributed by atoms with E-state index in [1.807, 2.05) is 0 Å². The van der Waals surface area contributed by atoms with Gasteiger partial charge >= 0.3 is 6.18 Å². The number of rotatable bonds is 2. The molecule has 0 aliphatic heterocycles. The Kier molecular flexibility index (Phi) is 2.36. The lowest BCUT2D eigenvalue weighted by Crippen LogP contribution is -2.09. The fourth-order valence-electron chi connectivity index (χ4n) is 1.76. The molecule has 1 saturated carbocycles. The summed E-state index contributed by atoms with van der Waals surface area (Å²) in [7, 11) is 0. The molecule has 0 saturated heterocycles. The molecule has 0 bridgehead atoms. The lowest BCUT2D eigenvalue weighted by molar-refractivity contribution is -0.141. The van der Waals surface area contributed by atoms with Crippen molar-refractivity contribution in [3.63, 3.8) is 0 Å². The van der Waals surface area contributed by atoms with E-state index in [2.05, 4.69) is 15.1 Å². The van der Waals surface area contributed by atoms with Gasteiger partial charge < -0.3 is 0 Å². The third-order valence-corrected chi connectivity index (χ3v) is 2.76. The summed E-state index contributed by atoms with van der Waals surface area (Å²) in [4.78, 5) is 7.87. The van der Waals surface area contributed by atoms with Crippen molar-refractivity contribution >= 4 is 0 Å². The smallest absolute Gasteiger partial charge is 0.220 e. The van der Waals surface area contributed by atoms with Crippen LogP contribution in [0, 0.1) is 0 Å². The molecule has 2 aromatic rings. The fraction of sp³-hybridized carbons (Fsp3) is 0.364. The van der Waals surface area contributed by atoms with Gasteiger partial charge in [-0.15, -0.1) is 0 Å². The Hall–Kier alpha value is -1.92. The molecular weight excluding hydrogens is 245 g/mol. The molecule has 1 aliphatic rings. The van der Waals surface area contributed by atoms with Crippen molar-refractivity contribution in [3.8, 4) is 5.95 Å². The van der Waals surface area contributed by atoms with Crippen LogP contribution in [0.2, 0.25) is 0 Å². The monoisotopic (exact) mass is 254 g/mol. The van der Waals surface area contributed by atoms with Gasteiger partial charge in [-0.3, -0.25) is 0 Å². The van der Waals surface area contributed by atoms with E-state index in [4.69, 9.17) is 0 Å². The maximum absolute atomic E-state index is 12.7. The summed E-state index contributed by atoms with van der Waals surface area (Å²) in [5, 5.41) is 3.58. The molecule has 0 aromatic carbocycles. The van der Waals surface area contributed by atoms with Gasteiger partial charge in [0, 0.05) is 18.3 Å². The lowest BCUT2D eigenvalue weighted by atomic mass is 10.2. The second-order valence-electron chi connectivity index (χ2n) is 4.19. The molecular formula is C11H9F3N4. The van der Waals surface area contributed by atoms with Gasteiger partial charge in [-0.2, -0.15) is 18.3 Å². The molecule has 0 atom stereocenters. The molecule has 1 fully saturated rings. The van der Waals surface area contributed by atoms with Crippen molar-refractivity contribution in [1.29, 1.82) is 0 Å². The summed E-state index contributed by atoms with van der Waals surface area (Å²) in [6.07, 6.45) is 0.289. The van der Waals surface area contributed by atoms with Gasteiger partial charge in [0.25, 0.3) is 5.95 Å². The largest absolute Gasteiger partial charge is 0.435 e. The van der Waals surface area contributed by atoms with Crippen LogP contribution >= 0.6 is 0 Å². The zero-order valence-corrected chi connectivity index (χ0v) is 9.22. The minimum atomic E-state index is -4.44. The highest BCUT2D eigenvalue weighted by molar-refractivity contribution is 5.26. The first kappa shape index (κ1) is 11.2. The number of hydrogen-bond acceptors (Lipinski definition) is 3. The van der Waals surface area contributed by atoms with Crippen LogP contribution in [0.4, 0.5) is 13.2 Å². The molecule has 2 aromatic heterocycles. The van der Waals surface area contributed by atoms with Gasteiger partial charge in [0.2, 0.25) is 0 Å². The molecule has 3 rings (SSSR count). The molecule has 2 heterocycles. The van der Waals surface area contributed by atoms with Gasteiger partial charge in [-0.05, 0) is 25.0 Å². The maximum Gasteiger partial charge on any atom is 0.435 e. The van der Waals surface area contributed by atoms with Crippen LogP contribution in [-0.2, 0) is 6.18 Å². The Balaban J connectivity index is 2.10. The van der Waals surface area contributed by atoms with Crippen LogP contribution in [-0.4, -0.2) is 19.7 Å². The van der Waals surface area contributed by atoms with Crippen LogP contribution in [0.15, 0.2) is 24.5 Å². The first-order valence-electron chi connectivity index (χ1n) is 5.50. The first-order valence-corrected chi connectivity index (χ1v) is 5.50. The average Bonchev–Trinajstić information content (AvgIpc) is 3.07. The predicted octanol–water partition coefficient (Wildman–Crippen LogP) is 2.56. The number of halogens is 3. The molecule has 94 valence electrons. The second-order valence-corrected chi connectivity index (χ2v) is 4.19. The van der Waals surface area contributed by atoms with E-state index in [1.54, 1.807) is 6.07 Å². The van der Waals surface area contributed by atoms with E-state index in [0.717, 1.165) is 18.9 Å². The van der Waals surface area contributed by atoms with E-state index < -0.39 is 11.9 Å². The van der Waals surface area contributed by atoms with Crippen molar-refractivity contribution in [3.05, 3.63) is 35.9 Å². The molecule has 0 spiro atoms. The summed E-state index contributed by atoms with van der Waals surface area (Å²) in [5.41, 5.74) is -0.356. The van der Waals surface area contributed by atoms with Crippen LogP contribution in [0.5, 0.6) is 0 Å². The van der Waals surface area contributed by atoms with Gasteiger partial charge in [0.05, 0.1) is 5.69 Å². The van der Waals surface area contributed by atoms with Crippen molar-refractivity contribution < 1.29 is 13.2 Å². The molecule has 0 amide bonds. The Morgan fingerprint density at radius 2 is 1.83 bits per heavy atom. The highest BCUT2D eigenvalue weighted by Crippen LogP contribution is 2.42.